The lowest BCUT2D eigenvalue weighted by molar-refractivity contribution is -0.161. The fourth-order valence-corrected chi connectivity index (χ4v) is 3.33. The third kappa shape index (κ3) is 2.30. The van der Waals surface area contributed by atoms with Crippen molar-refractivity contribution in [2.45, 2.75) is 30.6 Å². The molecule has 0 saturated carbocycles. The second-order valence-electron chi connectivity index (χ2n) is 5.20. The molecule has 8 heteroatoms. The second-order valence-corrected chi connectivity index (χ2v) is 5.20. The Morgan fingerprint density at radius 1 is 1.48 bits per heavy atom. The minimum atomic E-state index is -1.62. The van der Waals surface area contributed by atoms with Crippen LogP contribution in [0.25, 0.3) is 0 Å². The summed E-state index contributed by atoms with van der Waals surface area (Å²) in [4.78, 5) is 36.1. The van der Waals surface area contributed by atoms with Gasteiger partial charge in [-0.05, 0) is 6.42 Å². The number of nitrogens with zero attached hydrogens (tertiary/aromatic N) is 1. The molecule has 2 heterocycles. The van der Waals surface area contributed by atoms with E-state index in [1.165, 1.54) is 6.08 Å². The normalized spacial score (nSPS) is 34.8. The van der Waals surface area contributed by atoms with Crippen LogP contribution < -0.4 is 0 Å². The first-order valence-corrected chi connectivity index (χ1v) is 6.53. The van der Waals surface area contributed by atoms with Crippen molar-refractivity contribution in [3.05, 3.63) is 12.7 Å². The van der Waals surface area contributed by atoms with Crippen molar-refractivity contribution in [1.82, 2.24) is 4.90 Å². The van der Waals surface area contributed by atoms with Crippen molar-refractivity contribution in [2.75, 3.05) is 13.2 Å². The number of carbonyl (C=O) groups excluding carboxylic acids is 1. The highest BCUT2D eigenvalue weighted by Gasteiger charge is 2.67. The first-order chi connectivity index (χ1) is 9.87. The number of ether oxygens (including phenoxy) is 1. The van der Waals surface area contributed by atoms with Gasteiger partial charge in [0.1, 0.15) is 5.60 Å². The molecule has 0 unspecified atom stereocenters. The van der Waals surface area contributed by atoms with E-state index in [2.05, 4.69) is 6.58 Å². The number of likely N-dealkylation sites (tertiary alicyclic amines) is 1. The summed E-state index contributed by atoms with van der Waals surface area (Å²) < 4.78 is 5.63. The lowest BCUT2D eigenvalue weighted by Crippen LogP contribution is -2.53. The van der Waals surface area contributed by atoms with Crippen LogP contribution in [0.15, 0.2) is 12.7 Å². The lowest BCUT2D eigenvalue weighted by Gasteiger charge is -2.33. The second kappa shape index (κ2) is 5.45. The van der Waals surface area contributed by atoms with Crippen molar-refractivity contribution < 1.29 is 34.4 Å². The number of β-amino-alcohol motifs (C(OH)–C–C–N with tert-alkyl or cyclic N) is 1. The monoisotopic (exact) mass is 299 g/mol. The van der Waals surface area contributed by atoms with Gasteiger partial charge in [-0.2, -0.15) is 0 Å². The Morgan fingerprint density at radius 3 is 2.62 bits per heavy atom. The fourth-order valence-electron chi connectivity index (χ4n) is 3.33. The molecule has 2 saturated heterocycles. The third-order valence-electron chi connectivity index (χ3n) is 4.05. The molecular weight excluding hydrogens is 282 g/mol. The van der Waals surface area contributed by atoms with Gasteiger partial charge in [-0.25, -0.2) is 4.79 Å². The smallest absolute Gasteiger partial charge is 0.329 e. The molecule has 0 spiro atoms. The number of aliphatic hydroxyl groups is 1. The Labute approximate surface area is 120 Å². The van der Waals surface area contributed by atoms with E-state index >= 15 is 0 Å². The van der Waals surface area contributed by atoms with Gasteiger partial charge in [0, 0.05) is 6.54 Å². The summed E-state index contributed by atoms with van der Waals surface area (Å²) >= 11 is 0. The van der Waals surface area contributed by atoms with Gasteiger partial charge in [0.25, 0.3) is 0 Å². The third-order valence-corrected chi connectivity index (χ3v) is 4.05. The molecule has 2 aliphatic rings. The highest BCUT2D eigenvalue weighted by Crippen LogP contribution is 2.49. The zero-order chi connectivity index (χ0) is 15.8. The largest absolute Gasteiger partial charge is 0.481 e. The predicted octanol–water partition coefficient (Wildman–Crippen LogP) is -0.921. The van der Waals surface area contributed by atoms with Crippen molar-refractivity contribution in [2.24, 2.45) is 5.92 Å². The number of fused-ring (bicyclic) bond motifs is 1. The SMILES string of the molecule is C=C[C@@H]1C[C@@H]2C(=O)N(CCO)[C@@H](C(=O)O)[C@]2(CC(=O)O)O1. The minimum absolute atomic E-state index is 0.171. The molecule has 0 radical (unpaired) electrons. The number of rotatable bonds is 6. The van der Waals surface area contributed by atoms with E-state index < -0.39 is 54.5 Å². The summed E-state index contributed by atoms with van der Waals surface area (Å²) in [6.07, 6.45) is 0.481. The average Bonchev–Trinajstić information content (AvgIpc) is 2.83. The van der Waals surface area contributed by atoms with Gasteiger partial charge < -0.3 is 25.0 Å². The van der Waals surface area contributed by atoms with Gasteiger partial charge in [-0.3, -0.25) is 9.59 Å². The number of amides is 1. The molecule has 4 atom stereocenters. The molecule has 2 fully saturated rings. The summed E-state index contributed by atoms with van der Waals surface area (Å²) in [5, 5.41) is 27.5. The van der Waals surface area contributed by atoms with Crippen molar-refractivity contribution in [3.8, 4) is 0 Å². The van der Waals surface area contributed by atoms with Gasteiger partial charge in [0.05, 0.1) is 25.0 Å². The topological polar surface area (TPSA) is 124 Å². The van der Waals surface area contributed by atoms with Crippen LogP contribution in [0.4, 0.5) is 0 Å². The van der Waals surface area contributed by atoms with Crippen molar-refractivity contribution >= 4 is 17.8 Å². The lowest BCUT2D eigenvalue weighted by atomic mass is 9.82. The molecule has 3 N–H and O–H groups in total. The Balaban J connectivity index is 2.48. The molecule has 0 aromatic carbocycles. The number of hydrogen-bond acceptors (Lipinski definition) is 5. The Bertz CT molecular complexity index is 491. The zero-order valence-corrected chi connectivity index (χ0v) is 11.3. The van der Waals surface area contributed by atoms with Crippen molar-refractivity contribution in [3.63, 3.8) is 0 Å². The molecule has 1 amide bonds. The summed E-state index contributed by atoms with van der Waals surface area (Å²) in [6.45, 7) is 2.97. The van der Waals surface area contributed by atoms with E-state index in [1.54, 1.807) is 0 Å². The number of carbonyl (C=O) groups is 3. The van der Waals surface area contributed by atoms with Gasteiger partial charge in [-0.1, -0.05) is 6.08 Å². The summed E-state index contributed by atoms with van der Waals surface area (Å²) in [5.41, 5.74) is -1.62. The maximum Gasteiger partial charge on any atom is 0.329 e. The maximum absolute atomic E-state index is 12.4. The van der Waals surface area contributed by atoms with Crippen LogP contribution in [-0.4, -0.2) is 69.0 Å². The summed E-state index contributed by atoms with van der Waals surface area (Å²) in [6, 6.07) is -1.43. The van der Waals surface area contributed by atoms with Crippen LogP contribution in [0, 0.1) is 5.92 Å². The number of carboxylic acids is 2. The van der Waals surface area contributed by atoms with Gasteiger partial charge in [0.15, 0.2) is 6.04 Å². The fraction of sp³-hybridized carbons (Fsp3) is 0.615. The molecule has 0 bridgehead atoms. The van der Waals surface area contributed by atoms with Crippen LogP contribution in [0.5, 0.6) is 0 Å². The summed E-state index contributed by atoms with van der Waals surface area (Å²) in [5.74, 6) is -3.94. The van der Waals surface area contributed by atoms with Gasteiger partial charge in [-0.15, -0.1) is 6.58 Å². The van der Waals surface area contributed by atoms with E-state index in [9.17, 15) is 19.5 Å². The standard InChI is InChI=1S/C13H17NO7/c1-2-7-5-8-11(18)14(3-4-15)10(12(19)20)13(8,21-7)6-9(16)17/h2,7-8,10,15H,1,3-6H2,(H,16,17)(H,19,20)/t7-,8-,10+,13-/m1/s1. The Hall–Kier alpha value is -1.93. The van der Waals surface area contributed by atoms with E-state index in [1.807, 2.05) is 0 Å². The number of aliphatic hydroxyl groups excluding tert-OH is 1. The summed E-state index contributed by atoms with van der Waals surface area (Å²) in [7, 11) is 0. The van der Waals surface area contributed by atoms with Crippen LogP contribution in [-0.2, 0) is 19.1 Å². The molecule has 0 aromatic rings. The first-order valence-electron chi connectivity index (χ1n) is 6.53. The maximum atomic E-state index is 12.4. The highest BCUT2D eigenvalue weighted by molar-refractivity contribution is 5.93. The molecule has 2 rings (SSSR count). The van der Waals surface area contributed by atoms with Gasteiger partial charge >= 0.3 is 11.9 Å². The van der Waals surface area contributed by atoms with Gasteiger partial charge in [0.2, 0.25) is 5.91 Å². The highest BCUT2D eigenvalue weighted by atomic mass is 16.5. The van der Waals surface area contributed by atoms with E-state index in [-0.39, 0.29) is 13.0 Å². The van der Waals surface area contributed by atoms with E-state index in [4.69, 9.17) is 14.9 Å². The quantitative estimate of drug-likeness (QED) is 0.542. The Morgan fingerprint density at radius 2 is 2.14 bits per heavy atom. The van der Waals surface area contributed by atoms with E-state index in [0.29, 0.717) is 0 Å². The minimum Gasteiger partial charge on any atom is -0.481 e. The molecule has 2 aliphatic heterocycles. The number of carboxylic acid groups (broad SMARTS) is 2. The van der Waals surface area contributed by atoms with Crippen LogP contribution in [0.2, 0.25) is 0 Å². The predicted molar refractivity (Wildman–Crippen MR) is 68.4 cm³/mol. The van der Waals surface area contributed by atoms with E-state index in [0.717, 1.165) is 4.90 Å². The molecule has 116 valence electrons. The zero-order valence-electron chi connectivity index (χ0n) is 11.3. The average molecular weight is 299 g/mol. The van der Waals surface area contributed by atoms with Crippen molar-refractivity contribution in [1.29, 1.82) is 0 Å². The molecule has 21 heavy (non-hydrogen) atoms. The van der Waals surface area contributed by atoms with Crippen LogP contribution in [0.1, 0.15) is 12.8 Å². The number of aliphatic carboxylic acids is 2. The molecule has 0 aromatic heterocycles. The van der Waals surface area contributed by atoms with Crippen LogP contribution >= 0.6 is 0 Å². The molecule has 0 aliphatic carbocycles. The molecule has 8 nitrogen and oxygen atoms in total. The Kier molecular flexibility index (Phi) is 4.02. The van der Waals surface area contributed by atoms with Crippen LogP contribution in [0.3, 0.4) is 0 Å². The first kappa shape index (κ1) is 15.5. The molecular formula is C13H17NO7. The number of hydrogen-bond donors (Lipinski definition) is 3.